The molecule has 2 aromatic carbocycles. The van der Waals surface area contributed by atoms with E-state index in [-0.39, 0.29) is 5.69 Å². The summed E-state index contributed by atoms with van der Waals surface area (Å²) in [7, 11) is 0. The molecule has 7 heteroatoms. The lowest BCUT2D eigenvalue weighted by atomic mass is 10.1. The third kappa shape index (κ3) is 3.61. The van der Waals surface area contributed by atoms with Crippen LogP contribution in [0.1, 0.15) is 27.2 Å². The van der Waals surface area contributed by atoms with Crippen molar-refractivity contribution in [2.75, 3.05) is 5.32 Å². The van der Waals surface area contributed by atoms with E-state index in [9.17, 15) is 18.0 Å². The molecule has 0 aliphatic carbocycles. The predicted molar refractivity (Wildman–Crippen MR) is 92.4 cm³/mol. The molecule has 1 amide bonds. The van der Waals surface area contributed by atoms with Crippen LogP contribution in [-0.2, 0) is 6.18 Å². The molecule has 0 unspecified atom stereocenters. The molecule has 0 fully saturated rings. The predicted octanol–water partition coefficient (Wildman–Crippen LogP) is 4.76. The van der Waals surface area contributed by atoms with Crippen molar-refractivity contribution in [3.8, 4) is 5.69 Å². The highest BCUT2D eigenvalue weighted by Gasteiger charge is 2.30. The Morgan fingerprint density at radius 2 is 1.81 bits per heavy atom. The zero-order valence-corrected chi connectivity index (χ0v) is 14.1. The van der Waals surface area contributed by atoms with Gasteiger partial charge in [0.2, 0.25) is 0 Å². The summed E-state index contributed by atoms with van der Waals surface area (Å²) in [5.74, 6) is -0.513. The van der Waals surface area contributed by atoms with Crippen molar-refractivity contribution in [1.29, 1.82) is 0 Å². The molecule has 1 aromatic heterocycles. The Kier molecular flexibility index (Phi) is 4.54. The number of carbonyl (C=O) groups excluding carboxylic acids is 1. The van der Waals surface area contributed by atoms with Crippen molar-refractivity contribution < 1.29 is 18.0 Å². The fourth-order valence-corrected chi connectivity index (χ4v) is 2.62. The molecule has 0 radical (unpaired) electrons. The molecule has 0 aliphatic heterocycles. The lowest BCUT2D eigenvalue weighted by Crippen LogP contribution is -2.14. The number of aromatic nitrogens is 2. The van der Waals surface area contributed by atoms with Crippen molar-refractivity contribution >= 4 is 11.6 Å². The van der Waals surface area contributed by atoms with Crippen LogP contribution in [-0.4, -0.2) is 15.7 Å². The normalized spacial score (nSPS) is 11.4. The van der Waals surface area contributed by atoms with Crippen molar-refractivity contribution in [3.05, 3.63) is 77.1 Å². The zero-order valence-electron chi connectivity index (χ0n) is 14.1. The van der Waals surface area contributed by atoms with Crippen LogP contribution in [0, 0.1) is 13.8 Å². The van der Waals surface area contributed by atoms with Gasteiger partial charge in [0.1, 0.15) is 0 Å². The molecule has 0 spiro atoms. The van der Waals surface area contributed by atoms with Gasteiger partial charge in [-0.3, -0.25) is 4.79 Å². The van der Waals surface area contributed by atoms with Crippen LogP contribution in [0.5, 0.6) is 0 Å². The number of aryl methyl sites for hydroxylation is 1. The largest absolute Gasteiger partial charge is 0.416 e. The van der Waals surface area contributed by atoms with Gasteiger partial charge in [0.25, 0.3) is 5.91 Å². The number of anilines is 1. The summed E-state index contributed by atoms with van der Waals surface area (Å²) < 4.78 is 40.0. The zero-order chi connectivity index (χ0) is 18.9. The lowest BCUT2D eigenvalue weighted by molar-refractivity contribution is -0.137. The van der Waals surface area contributed by atoms with Gasteiger partial charge in [-0.1, -0.05) is 18.2 Å². The van der Waals surface area contributed by atoms with E-state index in [0.29, 0.717) is 11.3 Å². The maximum Gasteiger partial charge on any atom is 0.416 e. The van der Waals surface area contributed by atoms with Gasteiger partial charge in [-0.05, 0) is 49.7 Å². The fourth-order valence-electron chi connectivity index (χ4n) is 2.62. The second kappa shape index (κ2) is 6.67. The maximum atomic E-state index is 12.8. The number of benzene rings is 2. The third-order valence-corrected chi connectivity index (χ3v) is 3.95. The van der Waals surface area contributed by atoms with Crippen LogP contribution in [0.3, 0.4) is 0 Å². The van der Waals surface area contributed by atoms with Gasteiger partial charge < -0.3 is 5.32 Å². The van der Waals surface area contributed by atoms with Crippen LogP contribution in [0.25, 0.3) is 5.69 Å². The molecule has 134 valence electrons. The molecular formula is C19H16F3N3O. The molecule has 0 saturated heterocycles. The van der Waals surface area contributed by atoms with E-state index in [1.165, 1.54) is 18.3 Å². The first-order valence-electron chi connectivity index (χ1n) is 7.86. The third-order valence-electron chi connectivity index (χ3n) is 3.95. The van der Waals surface area contributed by atoms with Crippen molar-refractivity contribution in [2.45, 2.75) is 20.0 Å². The number of hydrogen-bond acceptors (Lipinski definition) is 2. The second-order valence-corrected chi connectivity index (χ2v) is 5.93. The average Bonchev–Trinajstić information content (AvgIpc) is 2.96. The molecular weight excluding hydrogens is 343 g/mol. The highest BCUT2D eigenvalue weighted by molar-refractivity contribution is 6.05. The molecule has 3 rings (SSSR count). The second-order valence-electron chi connectivity index (χ2n) is 5.93. The number of carbonyl (C=O) groups is 1. The molecule has 0 aliphatic rings. The number of amides is 1. The SMILES string of the molecule is Cc1cccc(-n2ncc(C(=O)Nc3cccc(C(F)(F)F)c3)c2C)c1. The summed E-state index contributed by atoms with van der Waals surface area (Å²) in [6.45, 7) is 3.68. The van der Waals surface area contributed by atoms with Crippen LogP contribution < -0.4 is 5.32 Å². The molecule has 0 atom stereocenters. The summed E-state index contributed by atoms with van der Waals surface area (Å²) in [5.41, 5.74) is 2.01. The van der Waals surface area contributed by atoms with Gasteiger partial charge in [-0.2, -0.15) is 18.3 Å². The first-order valence-corrected chi connectivity index (χ1v) is 7.86. The summed E-state index contributed by atoms with van der Waals surface area (Å²) in [4.78, 5) is 12.5. The van der Waals surface area contributed by atoms with Crippen LogP contribution >= 0.6 is 0 Å². The Morgan fingerprint density at radius 1 is 1.08 bits per heavy atom. The Morgan fingerprint density at radius 3 is 2.50 bits per heavy atom. The van der Waals surface area contributed by atoms with Gasteiger partial charge >= 0.3 is 6.18 Å². The Labute approximate surface area is 148 Å². The molecule has 1 heterocycles. The monoisotopic (exact) mass is 359 g/mol. The minimum Gasteiger partial charge on any atom is -0.322 e. The van der Waals surface area contributed by atoms with Gasteiger partial charge in [0.15, 0.2) is 0 Å². The standard InChI is InChI=1S/C19H16F3N3O/c1-12-5-3-8-16(9-12)25-13(2)17(11-23-25)18(26)24-15-7-4-6-14(10-15)19(20,21)22/h3-11H,1-2H3,(H,24,26). The number of halogens is 3. The van der Waals surface area contributed by atoms with Crippen molar-refractivity contribution in [2.24, 2.45) is 0 Å². The van der Waals surface area contributed by atoms with Gasteiger partial charge in [0, 0.05) is 5.69 Å². The number of hydrogen-bond donors (Lipinski definition) is 1. The van der Waals surface area contributed by atoms with E-state index >= 15 is 0 Å². The number of nitrogens with one attached hydrogen (secondary N) is 1. The summed E-state index contributed by atoms with van der Waals surface area (Å²) in [6, 6.07) is 12.1. The molecule has 4 nitrogen and oxygen atoms in total. The molecule has 3 aromatic rings. The Balaban J connectivity index is 1.86. The maximum absolute atomic E-state index is 12.8. The highest BCUT2D eigenvalue weighted by atomic mass is 19.4. The highest BCUT2D eigenvalue weighted by Crippen LogP contribution is 2.30. The topological polar surface area (TPSA) is 46.9 Å². The Bertz CT molecular complexity index is 961. The fraction of sp³-hybridized carbons (Fsp3) is 0.158. The minimum atomic E-state index is -4.47. The van der Waals surface area contributed by atoms with Crippen molar-refractivity contribution in [1.82, 2.24) is 9.78 Å². The van der Waals surface area contributed by atoms with E-state index in [1.54, 1.807) is 11.6 Å². The summed E-state index contributed by atoms with van der Waals surface area (Å²) in [6.07, 6.45) is -3.06. The molecule has 1 N–H and O–H groups in total. The van der Waals surface area contributed by atoms with E-state index in [1.807, 2.05) is 31.2 Å². The average molecular weight is 359 g/mol. The number of alkyl halides is 3. The van der Waals surface area contributed by atoms with Crippen LogP contribution in [0.2, 0.25) is 0 Å². The number of nitrogens with zero attached hydrogens (tertiary/aromatic N) is 2. The smallest absolute Gasteiger partial charge is 0.322 e. The molecule has 0 saturated carbocycles. The van der Waals surface area contributed by atoms with Gasteiger partial charge in [-0.15, -0.1) is 0 Å². The van der Waals surface area contributed by atoms with Crippen molar-refractivity contribution in [3.63, 3.8) is 0 Å². The Hall–Kier alpha value is -3.09. The minimum absolute atomic E-state index is 0.0764. The summed E-state index contributed by atoms with van der Waals surface area (Å²) in [5, 5.41) is 6.72. The first kappa shape index (κ1) is 17.7. The number of rotatable bonds is 3. The van der Waals surface area contributed by atoms with Gasteiger partial charge in [-0.25, -0.2) is 4.68 Å². The van der Waals surface area contributed by atoms with E-state index in [0.717, 1.165) is 23.4 Å². The van der Waals surface area contributed by atoms with Crippen LogP contribution in [0.15, 0.2) is 54.7 Å². The van der Waals surface area contributed by atoms with E-state index < -0.39 is 17.6 Å². The lowest BCUT2D eigenvalue weighted by Gasteiger charge is -2.10. The van der Waals surface area contributed by atoms with Crippen LogP contribution in [0.4, 0.5) is 18.9 Å². The summed E-state index contributed by atoms with van der Waals surface area (Å²) >= 11 is 0. The molecule has 0 bridgehead atoms. The molecule has 26 heavy (non-hydrogen) atoms. The van der Waals surface area contributed by atoms with E-state index in [4.69, 9.17) is 0 Å². The first-order chi connectivity index (χ1) is 12.3. The quantitative estimate of drug-likeness (QED) is 0.733. The van der Waals surface area contributed by atoms with E-state index in [2.05, 4.69) is 10.4 Å². The van der Waals surface area contributed by atoms with Gasteiger partial charge in [0.05, 0.1) is 28.7 Å².